The molecule has 0 aromatic heterocycles. The number of nitrogens with zero attached hydrogens (tertiary/aromatic N) is 1. The SMILES string of the molecule is COc1cccc(CN(C(=O)COc2cccc(C)c2)[C@H](Cc2ccccc2)C(=O)NCC(C)C)c1. The van der Waals surface area contributed by atoms with Gasteiger partial charge in [0.1, 0.15) is 17.5 Å². The molecule has 1 atom stereocenters. The lowest BCUT2D eigenvalue weighted by Crippen LogP contribution is -2.52. The molecule has 3 rings (SSSR count). The van der Waals surface area contributed by atoms with Crippen LogP contribution in [0.15, 0.2) is 78.9 Å². The molecule has 6 nitrogen and oxygen atoms in total. The van der Waals surface area contributed by atoms with Crippen LogP contribution in [0.5, 0.6) is 11.5 Å². The predicted octanol–water partition coefficient (Wildman–Crippen LogP) is 4.79. The van der Waals surface area contributed by atoms with Crippen molar-refractivity contribution in [3.8, 4) is 11.5 Å². The monoisotopic (exact) mass is 488 g/mol. The van der Waals surface area contributed by atoms with Crippen molar-refractivity contribution in [1.82, 2.24) is 10.2 Å². The minimum atomic E-state index is -0.703. The Balaban J connectivity index is 1.91. The summed E-state index contributed by atoms with van der Waals surface area (Å²) in [5.74, 6) is 1.16. The van der Waals surface area contributed by atoms with Crippen molar-refractivity contribution < 1.29 is 19.1 Å². The number of rotatable bonds is 12. The van der Waals surface area contributed by atoms with E-state index in [1.54, 1.807) is 12.0 Å². The van der Waals surface area contributed by atoms with Gasteiger partial charge >= 0.3 is 0 Å². The number of hydrogen-bond acceptors (Lipinski definition) is 4. The van der Waals surface area contributed by atoms with Crippen molar-refractivity contribution in [1.29, 1.82) is 0 Å². The van der Waals surface area contributed by atoms with Gasteiger partial charge in [0.25, 0.3) is 5.91 Å². The first kappa shape index (κ1) is 26.8. The van der Waals surface area contributed by atoms with Crippen LogP contribution in [0.4, 0.5) is 0 Å². The van der Waals surface area contributed by atoms with Crippen molar-refractivity contribution in [2.75, 3.05) is 20.3 Å². The number of nitrogens with one attached hydrogen (secondary N) is 1. The van der Waals surface area contributed by atoms with E-state index in [1.165, 1.54) is 0 Å². The second-order valence-corrected chi connectivity index (χ2v) is 9.32. The fourth-order valence-corrected chi connectivity index (χ4v) is 3.88. The molecule has 1 N–H and O–H groups in total. The summed E-state index contributed by atoms with van der Waals surface area (Å²) in [7, 11) is 1.61. The van der Waals surface area contributed by atoms with Crippen LogP contribution in [-0.4, -0.2) is 43.0 Å². The summed E-state index contributed by atoms with van der Waals surface area (Å²) < 4.78 is 11.2. The molecule has 0 saturated carbocycles. The van der Waals surface area contributed by atoms with Gasteiger partial charge in [-0.1, -0.05) is 68.4 Å². The molecule has 0 aliphatic carbocycles. The van der Waals surface area contributed by atoms with Crippen LogP contribution in [0.25, 0.3) is 0 Å². The summed E-state index contributed by atoms with van der Waals surface area (Å²) in [4.78, 5) is 28.7. The first-order valence-corrected chi connectivity index (χ1v) is 12.3. The topological polar surface area (TPSA) is 67.9 Å². The molecule has 0 unspecified atom stereocenters. The van der Waals surface area contributed by atoms with Gasteiger partial charge in [-0.05, 0) is 53.8 Å². The third-order valence-corrected chi connectivity index (χ3v) is 5.79. The van der Waals surface area contributed by atoms with E-state index in [1.807, 2.05) is 99.6 Å². The molecule has 0 bridgehead atoms. The normalized spacial score (nSPS) is 11.6. The van der Waals surface area contributed by atoms with E-state index in [0.717, 1.165) is 16.7 Å². The number of methoxy groups -OCH3 is 1. The minimum absolute atomic E-state index is 0.170. The Kier molecular flexibility index (Phi) is 9.92. The van der Waals surface area contributed by atoms with E-state index in [2.05, 4.69) is 5.32 Å². The molecule has 0 radical (unpaired) electrons. The summed E-state index contributed by atoms with van der Waals surface area (Å²) >= 11 is 0. The van der Waals surface area contributed by atoms with E-state index in [4.69, 9.17) is 9.47 Å². The molecule has 6 heteroatoms. The van der Waals surface area contributed by atoms with Crippen LogP contribution in [-0.2, 0) is 22.6 Å². The highest BCUT2D eigenvalue weighted by Crippen LogP contribution is 2.19. The highest BCUT2D eigenvalue weighted by Gasteiger charge is 2.30. The second kappa shape index (κ2) is 13.3. The number of carbonyl (C=O) groups is 2. The molecule has 36 heavy (non-hydrogen) atoms. The number of hydrogen-bond donors (Lipinski definition) is 1. The minimum Gasteiger partial charge on any atom is -0.497 e. The van der Waals surface area contributed by atoms with Gasteiger partial charge in [-0.25, -0.2) is 0 Å². The van der Waals surface area contributed by atoms with Gasteiger partial charge in [0.2, 0.25) is 5.91 Å². The molecule has 2 amide bonds. The Hall–Kier alpha value is -3.80. The van der Waals surface area contributed by atoms with Gasteiger partial charge in [0.15, 0.2) is 6.61 Å². The standard InChI is InChI=1S/C30H36N2O4/c1-22(2)19-31-30(34)28(18-24-11-6-5-7-12-24)32(20-25-13-9-14-26(17-25)35-4)29(33)21-36-27-15-8-10-23(3)16-27/h5-17,22,28H,18-21H2,1-4H3,(H,31,34)/t28-/m1/s1. The summed E-state index contributed by atoms with van der Waals surface area (Å²) in [5, 5.41) is 3.03. The lowest BCUT2D eigenvalue weighted by molar-refractivity contribution is -0.142. The molecule has 0 saturated heterocycles. The third kappa shape index (κ3) is 8.15. The summed E-state index contributed by atoms with van der Waals surface area (Å²) in [6, 6.07) is 24.2. The summed E-state index contributed by atoms with van der Waals surface area (Å²) in [5.41, 5.74) is 2.89. The Morgan fingerprint density at radius 1 is 0.889 bits per heavy atom. The number of carbonyl (C=O) groups excluding carboxylic acids is 2. The van der Waals surface area contributed by atoms with Crippen molar-refractivity contribution in [2.24, 2.45) is 5.92 Å². The van der Waals surface area contributed by atoms with Gasteiger partial charge in [-0.2, -0.15) is 0 Å². The number of ether oxygens (including phenoxy) is 2. The number of amides is 2. The Morgan fingerprint density at radius 2 is 1.58 bits per heavy atom. The quantitative estimate of drug-likeness (QED) is 0.398. The summed E-state index contributed by atoms with van der Waals surface area (Å²) in [6.45, 7) is 6.67. The number of aryl methyl sites for hydroxylation is 1. The fourth-order valence-electron chi connectivity index (χ4n) is 3.88. The smallest absolute Gasteiger partial charge is 0.261 e. The Morgan fingerprint density at radius 3 is 2.28 bits per heavy atom. The van der Waals surface area contributed by atoms with Gasteiger partial charge in [0.05, 0.1) is 7.11 Å². The van der Waals surface area contributed by atoms with E-state index in [0.29, 0.717) is 30.4 Å². The third-order valence-electron chi connectivity index (χ3n) is 5.79. The van der Waals surface area contributed by atoms with Gasteiger partial charge in [-0.15, -0.1) is 0 Å². The zero-order chi connectivity index (χ0) is 25.9. The van der Waals surface area contributed by atoms with Gasteiger partial charge in [0, 0.05) is 19.5 Å². The molecule has 0 heterocycles. The maximum Gasteiger partial charge on any atom is 0.261 e. The highest BCUT2D eigenvalue weighted by molar-refractivity contribution is 5.88. The molecular weight excluding hydrogens is 452 g/mol. The molecule has 3 aromatic rings. The fraction of sp³-hybridized carbons (Fsp3) is 0.333. The molecule has 0 aliphatic rings. The first-order chi connectivity index (χ1) is 17.4. The van der Waals surface area contributed by atoms with E-state index in [9.17, 15) is 9.59 Å². The van der Waals surface area contributed by atoms with Crippen LogP contribution in [0, 0.1) is 12.8 Å². The lowest BCUT2D eigenvalue weighted by Gasteiger charge is -2.31. The van der Waals surface area contributed by atoms with Crippen molar-refractivity contribution in [3.63, 3.8) is 0 Å². The zero-order valence-electron chi connectivity index (χ0n) is 21.6. The van der Waals surface area contributed by atoms with Crippen LogP contribution < -0.4 is 14.8 Å². The first-order valence-electron chi connectivity index (χ1n) is 12.3. The van der Waals surface area contributed by atoms with Crippen LogP contribution in [0.1, 0.15) is 30.5 Å². The van der Waals surface area contributed by atoms with E-state index in [-0.39, 0.29) is 25.0 Å². The average molecular weight is 489 g/mol. The number of benzene rings is 3. The average Bonchev–Trinajstić information content (AvgIpc) is 2.88. The summed E-state index contributed by atoms with van der Waals surface area (Å²) in [6.07, 6.45) is 0.394. The maximum absolute atomic E-state index is 13.6. The molecule has 0 spiro atoms. The van der Waals surface area contributed by atoms with Crippen molar-refractivity contribution in [3.05, 3.63) is 95.6 Å². The van der Waals surface area contributed by atoms with Crippen molar-refractivity contribution >= 4 is 11.8 Å². The Labute approximate surface area is 214 Å². The maximum atomic E-state index is 13.6. The second-order valence-electron chi connectivity index (χ2n) is 9.32. The zero-order valence-corrected chi connectivity index (χ0v) is 21.6. The Bertz CT molecular complexity index is 1130. The van der Waals surface area contributed by atoms with Crippen LogP contribution in [0.3, 0.4) is 0 Å². The molecule has 190 valence electrons. The largest absolute Gasteiger partial charge is 0.497 e. The molecular formula is C30H36N2O4. The van der Waals surface area contributed by atoms with E-state index >= 15 is 0 Å². The van der Waals surface area contributed by atoms with Crippen LogP contribution in [0.2, 0.25) is 0 Å². The van der Waals surface area contributed by atoms with E-state index < -0.39 is 6.04 Å². The predicted molar refractivity (Wildman–Crippen MR) is 142 cm³/mol. The van der Waals surface area contributed by atoms with Crippen LogP contribution >= 0.6 is 0 Å². The van der Waals surface area contributed by atoms with Gasteiger partial charge < -0.3 is 19.7 Å². The highest BCUT2D eigenvalue weighted by atomic mass is 16.5. The molecule has 0 aliphatic heterocycles. The van der Waals surface area contributed by atoms with Gasteiger partial charge in [-0.3, -0.25) is 9.59 Å². The lowest BCUT2D eigenvalue weighted by atomic mass is 10.0. The molecule has 3 aromatic carbocycles. The molecule has 0 fully saturated rings. The van der Waals surface area contributed by atoms with Crippen molar-refractivity contribution in [2.45, 2.75) is 39.8 Å².